The number of amides is 1. The summed E-state index contributed by atoms with van der Waals surface area (Å²) >= 11 is 0. The van der Waals surface area contributed by atoms with Crippen LogP contribution in [-0.2, 0) is 10.3 Å². The summed E-state index contributed by atoms with van der Waals surface area (Å²) in [7, 11) is 0. The van der Waals surface area contributed by atoms with E-state index >= 15 is 0 Å². The first-order chi connectivity index (χ1) is 19.1. The van der Waals surface area contributed by atoms with E-state index in [1.165, 1.54) is 11.2 Å². The number of carboxylic acid groups (broad SMARTS) is 1. The van der Waals surface area contributed by atoms with E-state index in [1.54, 1.807) is 10.7 Å². The van der Waals surface area contributed by atoms with E-state index in [0.717, 1.165) is 40.9 Å². The number of rotatable bonds is 4. The number of aliphatic hydroxyl groups excluding tert-OH is 1. The van der Waals surface area contributed by atoms with Gasteiger partial charge < -0.3 is 20.7 Å². The van der Waals surface area contributed by atoms with Crippen molar-refractivity contribution in [1.29, 1.82) is 0 Å². The van der Waals surface area contributed by atoms with Crippen molar-refractivity contribution in [2.45, 2.75) is 57.7 Å². The van der Waals surface area contributed by atoms with Crippen molar-refractivity contribution in [2.24, 2.45) is 5.41 Å². The standard InChI is InChI=1S/C29H35N7O4/c1-28(2,3)29(15-21(37)16-34(29)27(38)39)19-6-4-5-18(13-19)24-14-22(25-26(30)31-17-33-36(24)25)23-7-10-32-35(23)20-8-11-40-12-9-20/h4-7,10,13-14,17,20-21,37H,8-9,11-12,15-16H2,1-3H3,(H,38,39)(H2,30,31,33)/t21-,29-/m1/s1. The number of nitrogen functional groups attached to an aromatic ring is 1. The van der Waals surface area contributed by atoms with Gasteiger partial charge in [-0.05, 0) is 42.0 Å². The molecule has 0 spiro atoms. The number of hydrogen-bond donors (Lipinski definition) is 3. The minimum Gasteiger partial charge on any atom is -0.465 e. The lowest BCUT2D eigenvalue weighted by atomic mass is 9.67. The van der Waals surface area contributed by atoms with Gasteiger partial charge in [-0.25, -0.2) is 14.3 Å². The minimum absolute atomic E-state index is 0.0645. The molecule has 2 atom stereocenters. The summed E-state index contributed by atoms with van der Waals surface area (Å²) < 4.78 is 9.41. The lowest BCUT2D eigenvalue weighted by molar-refractivity contribution is 0.0272. The van der Waals surface area contributed by atoms with E-state index in [0.29, 0.717) is 31.0 Å². The first kappa shape index (κ1) is 26.3. The van der Waals surface area contributed by atoms with Gasteiger partial charge in [0.15, 0.2) is 5.82 Å². The number of benzene rings is 1. The number of aromatic nitrogens is 5. The summed E-state index contributed by atoms with van der Waals surface area (Å²) in [5.74, 6) is 0.356. The average molecular weight is 546 g/mol. The molecule has 3 aromatic heterocycles. The van der Waals surface area contributed by atoms with E-state index in [2.05, 4.69) is 21.2 Å². The Hall–Kier alpha value is -3.96. The Bertz CT molecular complexity index is 1570. The minimum atomic E-state index is -1.05. The molecule has 40 heavy (non-hydrogen) atoms. The summed E-state index contributed by atoms with van der Waals surface area (Å²) in [6.07, 6.45) is 3.50. The first-order valence-electron chi connectivity index (χ1n) is 13.6. The Morgan fingerprint density at radius 1 is 1.12 bits per heavy atom. The highest BCUT2D eigenvalue weighted by molar-refractivity contribution is 5.91. The number of aliphatic hydroxyl groups is 1. The van der Waals surface area contributed by atoms with Gasteiger partial charge in [0.25, 0.3) is 0 Å². The quantitative estimate of drug-likeness (QED) is 0.346. The van der Waals surface area contributed by atoms with E-state index in [9.17, 15) is 15.0 Å². The van der Waals surface area contributed by atoms with Crippen LogP contribution < -0.4 is 5.73 Å². The van der Waals surface area contributed by atoms with Crippen LogP contribution in [-0.4, -0.2) is 71.4 Å². The molecule has 2 saturated heterocycles. The largest absolute Gasteiger partial charge is 0.465 e. The van der Waals surface area contributed by atoms with Crippen LogP contribution in [0.2, 0.25) is 0 Å². The molecule has 0 radical (unpaired) electrons. The molecule has 0 aliphatic carbocycles. The van der Waals surface area contributed by atoms with Crippen molar-refractivity contribution < 1.29 is 19.7 Å². The van der Waals surface area contributed by atoms with Crippen molar-refractivity contribution >= 4 is 17.4 Å². The molecule has 0 saturated carbocycles. The van der Waals surface area contributed by atoms with Gasteiger partial charge in [-0.2, -0.15) is 10.2 Å². The van der Waals surface area contributed by atoms with Gasteiger partial charge in [0.2, 0.25) is 0 Å². The SMILES string of the molecule is CC(C)(C)[C@]1(c2cccc(-c3cc(-c4ccnn4C4CCOCC4)c4c(N)ncnn34)c2)C[C@@H](O)CN1C(=O)O. The number of fused-ring (bicyclic) bond motifs is 1. The first-order valence-corrected chi connectivity index (χ1v) is 13.6. The van der Waals surface area contributed by atoms with Crippen LogP contribution in [0.5, 0.6) is 0 Å². The zero-order valence-corrected chi connectivity index (χ0v) is 23.0. The molecule has 2 aliphatic rings. The van der Waals surface area contributed by atoms with Crippen molar-refractivity contribution in [2.75, 3.05) is 25.5 Å². The molecule has 1 aromatic carbocycles. The second-order valence-electron chi connectivity index (χ2n) is 11.8. The molecule has 4 N–H and O–H groups in total. The molecule has 6 rings (SSSR count). The van der Waals surface area contributed by atoms with Crippen LogP contribution in [0.15, 0.2) is 48.9 Å². The monoisotopic (exact) mass is 545 g/mol. The Morgan fingerprint density at radius 2 is 1.90 bits per heavy atom. The number of nitrogens with two attached hydrogens (primary N) is 1. The van der Waals surface area contributed by atoms with Crippen LogP contribution in [0, 0.1) is 5.41 Å². The molecule has 0 bridgehead atoms. The zero-order chi connectivity index (χ0) is 28.2. The maximum Gasteiger partial charge on any atom is 0.408 e. The Balaban J connectivity index is 1.53. The van der Waals surface area contributed by atoms with E-state index in [-0.39, 0.29) is 12.6 Å². The van der Waals surface area contributed by atoms with Gasteiger partial charge in [0, 0.05) is 37.0 Å². The number of hydrogen-bond acceptors (Lipinski definition) is 7. The van der Waals surface area contributed by atoms with Gasteiger partial charge in [0.1, 0.15) is 11.8 Å². The van der Waals surface area contributed by atoms with Gasteiger partial charge in [-0.15, -0.1) is 0 Å². The maximum absolute atomic E-state index is 12.4. The second-order valence-corrected chi connectivity index (χ2v) is 11.8. The van der Waals surface area contributed by atoms with Gasteiger partial charge >= 0.3 is 6.09 Å². The fourth-order valence-electron chi connectivity index (χ4n) is 6.69. The number of likely N-dealkylation sites (tertiary alicyclic amines) is 1. The third kappa shape index (κ3) is 4.03. The third-order valence-electron chi connectivity index (χ3n) is 8.56. The van der Waals surface area contributed by atoms with Crippen LogP contribution in [0.3, 0.4) is 0 Å². The number of carbonyl (C=O) groups is 1. The normalized spacial score (nSPS) is 22.3. The highest BCUT2D eigenvalue weighted by Gasteiger charge is 2.56. The second kappa shape index (κ2) is 9.60. The van der Waals surface area contributed by atoms with Crippen LogP contribution >= 0.6 is 0 Å². The molecule has 11 nitrogen and oxygen atoms in total. The molecule has 210 valence electrons. The molecule has 2 aliphatic heterocycles. The third-order valence-corrected chi connectivity index (χ3v) is 8.56. The summed E-state index contributed by atoms with van der Waals surface area (Å²) in [5, 5.41) is 30.0. The fraction of sp³-hybridized carbons (Fsp3) is 0.448. The predicted octanol–water partition coefficient (Wildman–Crippen LogP) is 4.18. The van der Waals surface area contributed by atoms with Gasteiger partial charge in [0.05, 0.1) is 35.6 Å². The van der Waals surface area contributed by atoms with Crippen molar-refractivity contribution in [3.8, 4) is 22.5 Å². The maximum atomic E-state index is 12.4. The van der Waals surface area contributed by atoms with Crippen LogP contribution in [0.25, 0.3) is 28.0 Å². The van der Waals surface area contributed by atoms with Gasteiger partial charge in [-0.3, -0.25) is 9.58 Å². The molecule has 11 heteroatoms. The molecule has 0 unspecified atom stereocenters. The highest BCUT2D eigenvalue weighted by atomic mass is 16.5. The topological polar surface area (TPSA) is 144 Å². The lowest BCUT2D eigenvalue weighted by Gasteiger charge is -2.47. The molecule has 4 aromatic rings. The Kier molecular flexibility index (Phi) is 6.30. The Labute approximate surface area is 232 Å². The smallest absolute Gasteiger partial charge is 0.408 e. The molecule has 1 amide bonds. The predicted molar refractivity (Wildman–Crippen MR) is 150 cm³/mol. The Morgan fingerprint density at radius 3 is 2.62 bits per heavy atom. The van der Waals surface area contributed by atoms with E-state index in [4.69, 9.17) is 10.5 Å². The summed E-state index contributed by atoms with van der Waals surface area (Å²) in [6.45, 7) is 7.51. The van der Waals surface area contributed by atoms with E-state index in [1.807, 2.05) is 55.8 Å². The number of β-amino-alcohol motifs (C(OH)–C–C–N with tert-alkyl or cyclic N) is 1. The fourth-order valence-corrected chi connectivity index (χ4v) is 6.69. The van der Waals surface area contributed by atoms with Crippen LogP contribution in [0.1, 0.15) is 51.6 Å². The summed E-state index contributed by atoms with van der Waals surface area (Å²) in [4.78, 5) is 18.1. The number of ether oxygens (including phenoxy) is 1. The van der Waals surface area contributed by atoms with Crippen molar-refractivity contribution in [3.63, 3.8) is 0 Å². The molecule has 2 fully saturated rings. The van der Waals surface area contributed by atoms with Crippen molar-refractivity contribution in [3.05, 3.63) is 54.5 Å². The van der Waals surface area contributed by atoms with E-state index < -0.39 is 23.2 Å². The highest BCUT2D eigenvalue weighted by Crippen LogP contribution is 2.52. The van der Waals surface area contributed by atoms with Gasteiger partial charge in [-0.1, -0.05) is 39.0 Å². The molecular weight excluding hydrogens is 510 g/mol. The number of nitrogens with zero attached hydrogens (tertiary/aromatic N) is 6. The molecular formula is C29H35N7O4. The van der Waals surface area contributed by atoms with Crippen LogP contribution in [0.4, 0.5) is 10.6 Å². The summed E-state index contributed by atoms with van der Waals surface area (Å²) in [6, 6.07) is 12.1. The summed E-state index contributed by atoms with van der Waals surface area (Å²) in [5.41, 5.74) is 9.98. The number of anilines is 1. The van der Waals surface area contributed by atoms with Crippen molar-refractivity contribution in [1.82, 2.24) is 29.3 Å². The lowest BCUT2D eigenvalue weighted by Crippen LogP contribution is -2.52. The zero-order valence-electron chi connectivity index (χ0n) is 23.0. The molecule has 5 heterocycles. The average Bonchev–Trinajstić information content (AvgIpc) is 3.65.